The van der Waals surface area contributed by atoms with Gasteiger partial charge in [0.25, 0.3) is 0 Å². The van der Waals surface area contributed by atoms with Gasteiger partial charge in [-0.25, -0.2) is 4.99 Å². The standard InChI is InChI=1S/C16H24N6/c17-15-19-16(18,21-20-15)13-6-5-11-7-8-22(10-12(11)9-13)14-3-1-2-4-14/h5-6,9,14,21H,1-4,7-8,10,18H2,(H3,17,19,20). The average Bonchev–Trinajstić information content (AvgIpc) is 3.17. The SMILES string of the molecule is NC1=NC(N)(c2ccc3c(c2)CN(C2CCCC2)CC3)NN1. The summed E-state index contributed by atoms with van der Waals surface area (Å²) >= 11 is 0. The molecule has 1 saturated carbocycles. The Kier molecular flexibility index (Phi) is 3.32. The molecule has 1 unspecified atom stereocenters. The zero-order chi connectivity index (χ0) is 15.2. The molecule has 1 atom stereocenters. The van der Waals surface area contributed by atoms with Crippen molar-refractivity contribution in [1.29, 1.82) is 0 Å². The minimum Gasteiger partial charge on any atom is -0.369 e. The number of nitrogens with two attached hydrogens (primary N) is 2. The normalized spacial score (nSPS) is 29.2. The van der Waals surface area contributed by atoms with E-state index in [9.17, 15) is 0 Å². The van der Waals surface area contributed by atoms with Gasteiger partial charge in [0.1, 0.15) is 0 Å². The van der Waals surface area contributed by atoms with Crippen molar-refractivity contribution in [1.82, 2.24) is 15.8 Å². The molecule has 6 N–H and O–H groups in total. The maximum Gasteiger partial charge on any atom is 0.209 e. The van der Waals surface area contributed by atoms with Gasteiger partial charge in [-0.3, -0.25) is 16.1 Å². The summed E-state index contributed by atoms with van der Waals surface area (Å²) in [5, 5.41) is 0. The minimum absolute atomic E-state index is 0.327. The third-order valence-electron chi connectivity index (χ3n) is 5.21. The van der Waals surface area contributed by atoms with Gasteiger partial charge >= 0.3 is 0 Å². The first-order chi connectivity index (χ1) is 10.6. The van der Waals surface area contributed by atoms with Crippen molar-refractivity contribution >= 4 is 5.96 Å². The lowest BCUT2D eigenvalue weighted by Gasteiger charge is -2.34. The van der Waals surface area contributed by atoms with Crippen LogP contribution in [0.3, 0.4) is 0 Å². The molecule has 1 aliphatic carbocycles. The fourth-order valence-corrected chi connectivity index (χ4v) is 3.94. The van der Waals surface area contributed by atoms with Crippen molar-refractivity contribution in [2.45, 2.75) is 50.5 Å². The summed E-state index contributed by atoms with van der Waals surface area (Å²) in [5.74, 6) is -0.637. The van der Waals surface area contributed by atoms with E-state index in [1.165, 1.54) is 43.4 Å². The number of guanidine groups is 1. The lowest BCUT2D eigenvalue weighted by Crippen LogP contribution is -2.50. The Labute approximate surface area is 130 Å². The predicted octanol–water partition coefficient (Wildman–Crippen LogP) is 0.479. The molecule has 0 radical (unpaired) electrons. The van der Waals surface area contributed by atoms with Gasteiger partial charge in [0, 0.05) is 24.7 Å². The first-order valence-corrected chi connectivity index (χ1v) is 8.18. The second-order valence-electron chi connectivity index (χ2n) is 6.66. The fourth-order valence-electron chi connectivity index (χ4n) is 3.94. The maximum atomic E-state index is 6.31. The molecule has 22 heavy (non-hydrogen) atoms. The van der Waals surface area contributed by atoms with Crippen LogP contribution < -0.4 is 22.3 Å². The highest BCUT2D eigenvalue weighted by Crippen LogP contribution is 2.30. The summed E-state index contributed by atoms with van der Waals surface area (Å²) in [7, 11) is 0. The number of nitrogens with zero attached hydrogens (tertiary/aromatic N) is 2. The topological polar surface area (TPSA) is 91.7 Å². The third-order valence-corrected chi connectivity index (χ3v) is 5.21. The van der Waals surface area contributed by atoms with Gasteiger partial charge in [-0.15, -0.1) is 0 Å². The van der Waals surface area contributed by atoms with Crippen LogP contribution in [0.1, 0.15) is 42.4 Å². The smallest absolute Gasteiger partial charge is 0.209 e. The van der Waals surface area contributed by atoms with E-state index in [1.807, 2.05) is 0 Å². The highest BCUT2D eigenvalue weighted by Gasteiger charge is 2.33. The van der Waals surface area contributed by atoms with Gasteiger partial charge in [-0.1, -0.05) is 25.0 Å². The van der Waals surface area contributed by atoms with Crippen molar-refractivity contribution in [3.05, 3.63) is 34.9 Å². The van der Waals surface area contributed by atoms with Gasteiger partial charge < -0.3 is 5.73 Å². The van der Waals surface area contributed by atoms with Crippen molar-refractivity contribution in [3.63, 3.8) is 0 Å². The number of hydrogen-bond acceptors (Lipinski definition) is 6. The van der Waals surface area contributed by atoms with Crippen molar-refractivity contribution in [2.24, 2.45) is 16.5 Å². The Morgan fingerprint density at radius 3 is 2.77 bits per heavy atom. The summed E-state index contributed by atoms with van der Waals surface area (Å²) in [6.07, 6.45) is 6.58. The summed E-state index contributed by atoms with van der Waals surface area (Å²) in [6, 6.07) is 7.20. The van der Waals surface area contributed by atoms with E-state index in [4.69, 9.17) is 11.5 Å². The molecule has 1 aromatic rings. The maximum absolute atomic E-state index is 6.31. The molecular formula is C16H24N6. The minimum atomic E-state index is -0.964. The summed E-state index contributed by atoms with van der Waals surface area (Å²) in [5.41, 5.74) is 21.5. The molecule has 2 heterocycles. The van der Waals surface area contributed by atoms with Gasteiger partial charge in [-0.2, -0.15) is 5.43 Å². The van der Waals surface area contributed by atoms with Gasteiger partial charge in [0.05, 0.1) is 0 Å². The number of rotatable bonds is 2. The Morgan fingerprint density at radius 1 is 1.23 bits per heavy atom. The summed E-state index contributed by atoms with van der Waals surface area (Å²) < 4.78 is 0. The fraction of sp³-hybridized carbons (Fsp3) is 0.562. The largest absolute Gasteiger partial charge is 0.369 e. The second kappa shape index (κ2) is 5.22. The summed E-state index contributed by atoms with van der Waals surface area (Å²) in [4.78, 5) is 6.91. The first-order valence-electron chi connectivity index (χ1n) is 8.18. The van der Waals surface area contributed by atoms with Crippen molar-refractivity contribution < 1.29 is 0 Å². The number of aliphatic imine (C=N–C) groups is 1. The average molecular weight is 300 g/mol. The molecule has 0 amide bonds. The van der Waals surface area contributed by atoms with Crippen LogP contribution in [0.2, 0.25) is 0 Å². The van der Waals surface area contributed by atoms with Gasteiger partial charge in [-0.05, 0) is 36.5 Å². The number of hydrazine groups is 1. The third kappa shape index (κ3) is 2.37. The lowest BCUT2D eigenvalue weighted by molar-refractivity contribution is 0.181. The van der Waals surface area contributed by atoms with Crippen LogP contribution in [0, 0.1) is 0 Å². The molecule has 0 spiro atoms. The molecule has 118 valence electrons. The molecule has 0 bridgehead atoms. The van der Waals surface area contributed by atoms with Crippen LogP contribution in [-0.2, 0) is 18.8 Å². The van der Waals surface area contributed by atoms with E-state index in [2.05, 4.69) is 38.9 Å². The molecule has 6 heteroatoms. The van der Waals surface area contributed by atoms with E-state index in [-0.39, 0.29) is 0 Å². The second-order valence-corrected chi connectivity index (χ2v) is 6.66. The van der Waals surface area contributed by atoms with E-state index >= 15 is 0 Å². The van der Waals surface area contributed by atoms with Crippen LogP contribution in [0.5, 0.6) is 0 Å². The molecule has 4 rings (SSSR count). The summed E-state index contributed by atoms with van der Waals surface area (Å²) in [6.45, 7) is 2.20. The van der Waals surface area contributed by atoms with Crippen LogP contribution >= 0.6 is 0 Å². The molecule has 1 aromatic carbocycles. The van der Waals surface area contributed by atoms with Crippen LogP contribution in [0.15, 0.2) is 23.2 Å². The number of benzene rings is 1. The molecule has 1 fully saturated rings. The zero-order valence-corrected chi connectivity index (χ0v) is 12.8. The molecule has 0 aromatic heterocycles. The lowest BCUT2D eigenvalue weighted by atomic mass is 9.94. The predicted molar refractivity (Wildman–Crippen MR) is 86.6 cm³/mol. The number of fused-ring (bicyclic) bond motifs is 1. The quantitative estimate of drug-likeness (QED) is 0.638. The molecule has 2 aliphatic heterocycles. The Bertz CT molecular complexity index is 607. The molecule has 6 nitrogen and oxygen atoms in total. The van der Waals surface area contributed by atoms with Crippen LogP contribution in [0.25, 0.3) is 0 Å². The van der Waals surface area contributed by atoms with E-state index < -0.39 is 5.79 Å². The van der Waals surface area contributed by atoms with E-state index in [0.29, 0.717) is 5.96 Å². The molecular weight excluding hydrogens is 276 g/mol. The van der Waals surface area contributed by atoms with Gasteiger partial charge in [0.15, 0.2) is 0 Å². The highest BCUT2D eigenvalue weighted by atomic mass is 15.6. The zero-order valence-electron chi connectivity index (χ0n) is 12.8. The molecule has 3 aliphatic rings. The highest BCUT2D eigenvalue weighted by molar-refractivity contribution is 5.79. The Hall–Kier alpha value is -1.63. The van der Waals surface area contributed by atoms with Crippen molar-refractivity contribution in [2.75, 3.05) is 6.54 Å². The van der Waals surface area contributed by atoms with E-state index in [1.54, 1.807) is 0 Å². The number of nitrogens with one attached hydrogen (secondary N) is 2. The monoisotopic (exact) mass is 300 g/mol. The Morgan fingerprint density at radius 2 is 2.05 bits per heavy atom. The first kappa shape index (κ1) is 14.0. The number of hydrogen-bond donors (Lipinski definition) is 4. The van der Waals surface area contributed by atoms with Crippen LogP contribution in [0.4, 0.5) is 0 Å². The van der Waals surface area contributed by atoms with Gasteiger partial charge in [0.2, 0.25) is 11.7 Å². The molecule has 0 saturated heterocycles. The van der Waals surface area contributed by atoms with Crippen LogP contribution in [-0.4, -0.2) is 23.4 Å². The Balaban J connectivity index is 1.60. The van der Waals surface area contributed by atoms with Crippen molar-refractivity contribution in [3.8, 4) is 0 Å². The van der Waals surface area contributed by atoms with E-state index in [0.717, 1.165) is 24.6 Å².